The SMILES string of the molecule is CCNC(=NCCCN1CCCCCC1=O)NC1CCN(Cc2ccccc2)CC1.I. The molecule has 31 heavy (non-hydrogen) atoms. The van der Waals surface area contributed by atoms with Crippen molar-refractivity contribution in [1.82, 2.24) is 20.4 Å². The summed E-state index contributed by atoms with van der Waals surface area (Å²) in [5, 5.41) is 7.01. The predicted molar refractivity (Wildman–Crippen MR) is 139 cm³/mol. The van der Waals surface area contributed by atoms with E-state index in [2.05, 4.69) is 52.8 Å². The number of guanidine groups is 1. The van der Waals surface area contributed by atoms with Gasteiger partial charge in [-0.3, -0.25) is 14.7 Å². The van der Waals surface area contributed by atoms with Crippen molar-refractivity contribution in [2.45, 2.75) is 64.5 Å². The van der Waals surface area contributed by atoms with Crippen molar-refractivity contribution in [3.8, 4) is 0 Å². The van der Waals surface area contributed by atoms with E-state index in [-0.39, 0.29) is 24.0 Å². The zero-order valence-corrected chi connectivity index (χ0v) is 21.4. The molecule has 0 bridgehead atoms. The van der Waals surface area contributed by atoms with Gasteiger partial charge in [-0.15, -0.1) is 24.0 Å². The van der Waals surface area contributed by atoms with Crippen molar-refractivity contribution in [2.24, 2.45) is 4.99 Å². The van der Waals surface area contributed by atoms with Crippen molar-refractivity contribution in [2.75, 3.05) is 39.3 Å². The number of carbonyl (C=O) groups is 1. The molecule has 1 aromatic carbocycles. The second kappa shape index (κ2) is 14.7. The van der Waals surface area contributed by atoms with Crippen LogP contribution in [0.15, 0.2) is 35.3 Å². The molecule has 1 amide bonds. The molecule has 3 rings (SSSR count). The maximum absolute atomic E-state index is 12.1. The van der Waals surface area contributed by atoms with Gasteiger partial charge in [-0.2, -0.15) is 0 Å². The monoisotopic (exact) mass is 541 g/mol. The lowest BCUT2D eigenvalue weighted by atomic mass is 10.0. The quantitative estimate of drug-likeness (QED) is 0.229. The average Bonchev–Trinajstić information content (AvgIpc) is 2.97. The lowest BCUT2D eigenvalue weighted by molar-refractivity contribution is -0.130. The molecule has 0 aliphatic carbocycles. The van der Waals surface area contributed by atoms with Crippen LogP contribution in [0.25, 0.3) is 0 Å². The van der Waals surface area contributed by atoms with E-state index >= 15 is 0 Å². The molecule has 2 heterocycles. The smallest absolute Gasteiger partial charge is 0.222 e. The van der Waals surface area contributed by atoms with Crippen molar-refractivity contribution in [3.63, 3.8) is 0 Å². The Hall–Kier alpha value is -1.35. The van der Waals surface area contributed by atoms with Gasteiger partial charge < -0.3 is 15.5 Å². The maximum atomic E-state index is 12.1. The number of nitrogens with one attached hydrogen (secondary N) is 2. The lowest BCUT2D eigenvalue weighted by Crippen LogP contribution is -2.48. The molecule has 0 spiro atoms. The largest absolute Gasteiger partial charge is 0.357 e. The van der Waals surface area contributed by atoms with E-state index in [1.165, 1.54) is 12.0 Å². The average molecular weight is 542 g/mol. The van der Waals surface area contributed by atoms with Gasteiger partial charge in [0.05, 0.1) is 0 Å². The van der Waals surface area contributed by atoms with Crippen LogP contribution in [0.5, 0.6) is 0 Å². The minimum Gasteiger partial charge on any atom is -0.357 e. The molecule has 7 heteroatoms. The summed E-state index contributed by atoms with van der Waals surface area (Å²) >= 11 is 0. The summed E-state index contributed by atoms with van der Waals surface area (Å²) < 4.78 is 0. The molecule has 2 aliphatic rings. The highest BCUT2D eigenvalue weighted by Gasteiger charge is 2.20. The van der Waals surface area contributed by atoms with Gasteiger partial charge in [0.25, 0.3) is 0 Å². The van der Waals surface area contributed by atoms with Gasteiger partial charge in [0.1, 0.15) is 0 Å². The topological polar surface area (TPSA) is 60.0 Å². The number of rotatable bonds is 8. The van der Waals surface area contributed by atoms with Crippen LogP contribution in [-0.4, -0.2) is 67.0 Å². The van der Waals surface area contributed by atoms with Crippen molar-refractivity contribution < 1.29 is 4.79 Å². The highest BCUT2D eigenvalue weighted by Crippen LogP contribution is 2.14. The van der Waals surface area contributed by atoms with E-state index in [0.717, 1.165) is 90.3 Å². The van der Waals surface area contributed by atoms with Crippen LogP contribution in [0.1, 0.15) is 57.4 Å². The van der Waals surface area contributed by atoms with Gasteiger partial charge >= 0.3 is 0 Å². The Morgan fingerprint density at radius 1 is 1.10 bits per heavy atom. The van der Waals surface area contributed by atoms with Crippen LogP contribution >= 0.6 is 24.0 Å². The molecule has 1 aromatic rings. The molecule has 2 saturated heterocycles. The number of aliphatic imine (C=N–C) groups is 1. The molecule has 2 N–H and O–H groups in total. The van der Waals surface area contributed by atoms with Crippen LogP contribution in [0, 0.1) is 0 Å². The number of piperidine rings is 1. The van der Waals surface area contributed by atoms with E-state index in [0.29, 0.717) is 11.9 Å². The second-order valence-electron chi connectivity index (χ2n) is 8.49. The summed E-state index contributed by atoms with van der Waals surface area (Å²) in [6.07, 6.45) is 7.29. The maximum Gasteiger partial charge on any atom is 0.222 e. The predicted octanol–water partition coefficient (Wildman–Crippen LogP) is 3.62. The summed E-state index contributed by atoms with van der Waals surface area (Å²) in [7, 11) is 0. The number of amides is 1. The standard InChI is InChI=1S/C24H39N5O.HI/c1-2-25-24(26-15-9-17-29-16-8-4-7-12-23(29)30)27-22-13-18-28(19-14-22)20-21-10-5-3-6-11-21;/h3,5-6,10-11,22H,2,4,7-9,12-20H2,1H3,(H2,25,26,27);1H. The fraction of sp³-hybridized carbons (Fsp3) is 0.667. The van der Waals surface area contributed by atoms with Gasteiger partial charge in [0, 0.05) is 58.3 Å². The van der Waals surface area contributed by atoms with E-state index in [4.69, 9.17) is 4.99 Å². The normalized spacial score (nSPS) is 18.9. The Labute approximate surface area is 205 Å². The molecule has 0 unspecified atom stereocenters. The van der Waals surface area contributed by atoms with Gasteiger partial charge in [-0.25, -0.2) is 0 Å². The minimum absolute atomic E-state index is 0. The van der Waals surface area contributed by atoms with E-state index < -0.39 is 0 Å². The summed E-state index contributed by atoms with van der Waals surface area (Å²) in [5.41, 5.74) is 1.39. The number of hydrogen-bond acceptors (Lipinski definition) is 3. The van der Waals surface area contributed by atoms with E-state index in [1.54, 1.807) is 0 Å². The molecule has 2 aliphatic heterocycles. The Kier molecular flexibility index (Phi) is 12.3. The van der Waals surface area contributed by atoms with Gasteiger partial charge in [0.15, 0.2) is 5.96 Å². The van der Waals surface area contributed by atoms with Crippen molar-refractivity contribution in [3.05, 3.63) is 35.9 Å². The van der Waals surface area contributed by atoms with E-state index in [9.17, 15) is 4.79 Å². The fourth-order valence-electron chi connectivity index (χ4n) is 4.32. The molecule has 0 aromatic heterocycles. The first-order valence-electron chi connectivity index (χ1n) is 11.8. The third kappa shape index (κ3) is 9.35. The second-order valence-corrected chi connectivity index (χ2v) is 8.49. The van der Waals surface area contributed by atoms with Crippen molar-refractivity contribution >= 4 is 35.8 Å². The van der Waals surface area contributed by atoms with Crippen LogP contribution in [0.4, 0.5) is 0 Å². The van der Waals surface area contributed by atoms with Crippen LogP contribution in [0.3, 0.4) is 0 Å². The molecule has 0 radical (unpaired) electrons. The third-order valence-corrected chi connectivity index (χ3v) is 6.05. The zero-order valence-electron chi connectivity index (χ0n) is 19.0. The Morgan fingerprint density at radius 3 is 2.61 bits per heavy atom. The van der Waals surface area contributed by atoms with Crippen molar-refractivity contribution in [1.29, 1.82) is 0 Å². The highest BCUT2D eigenvalue weighted by atomic mass is 127. The van der Waals surface area contributed by atoms with Crippen LogP contribution < -0.4 is 10.6 Å². The highest BCUT2D eigenvalue weighted by molar-refractivity contribution is 14.0. The molecular weight excluding hydrogens is 501 g/mol. The third-order valence-electron chi connectivity index (χ3n) is 6.05. The number of nitrogens with zero attached hydrogens (tertiary/aromatic N) is 3. The summed E-state index contributed by atoms with van der Waals surface area (Å²) in [5.74, 6) is 1.24. The first-order valence-corrected chi connectivity index (χ1v) is 11.8. The van der Waals surface area contributed by atoms with Gasteiger partial charge in [-0.05, 0) is 44.6 Å². The number of likely N-dealkylation sites (tertiary alicyclic amines) is 2. The zero-order chi connectivity index (χ0) is 21.0. The van der Waals surface area contributed by atoms with Gasteiger partial charge in [0.2, 0.25) is 5.91 Å². The number of carbonyl (C=O) groups excluding carboxylic acids is 1. The van der Waals surface area contributed by atoms with Crippen LogP contribution in [-0.2, 0) is 11.3 Å². The lowest BCUT2D eigenvalue weighted by Gasteiger charge is -2.33. The summed E-state index contributed by atoms with van der Waals surface area (Å²) in [4.78, 5) is 21.5. The molecule has 0 saturated carbocycles. The van der Waals surface area contributed by atoms with E-state index in [1.807, 2.05) is 4.90 Å². The molecule has 2 fully saturated rings. The minimum atomic E-state index is 0. The Morgan fingerprint density at radius 2 is 1.87 bits per heavy atom. The number of halogens is 1. The van der Waals surface area contributed by atoms with Crippen LogP contribution in [0.2, 0.25) is 0 Å². The first-order chi connectivity index (χ1) is 14.7. The number of benzene rings is 1. The Balaban J connectivity index is 0.00000341. The molecule has 6 nitrogen and oxygen atoms in total. The molecule has 0 atom stereocenters. The first kappa shape index (κ1) is 25.9. The van der Waals surface area contributed by atoms with Gasteiger partial charge in [-0.1, -0.05) is 36.8 Å². The molecule has 174 valence electrons. The Bertz CT molecular complexity index is 661. The molecular formula is C24H40IN5O. The summed E-state index contributed by atoms with van der Waals surface area (Å²) in [6.45, 7) is 8.75. The fourth-order valence-corrected chi connectivity index (χ4v) is 4.32. The summed E-state index contributed by atoms with van der Waals surface area (Å²) in [6, 6.07) is 11.2. The number of hydrogen-bond donors (Lipinski definition) is 2.